The maximum atomic E-state index is 5.76. The summed E-state index contributed by atoms with van der Waals surface area (Å²) in [4.78, 5) is 2.60. The summed E-state index contributed by atoms with van der Waals surface area (Å²) in [5, 5.41) is 3.63. The van der Waals surface area contributed by atoms with E-state index in [2.05, 4.69) is 17.1 Å². The van der Waals surface area contributed by atoms with Crippen molar-refractivity contribution >= 4 is 0 Å². The molecule has 20 heavy (non-hydrogen) atoms. The van der Waals surface area contributed by atoms with Crippen LogP contribution in [0.25, 0.3) is 0 Å². The predicted molar refractivity (Wildman–Crippen MR) is 84.3 cm³/mol. The lowest BCUT2D eigenvalue weighted by molar-refractivity contribution is 0.208. The van der Waals surface area contributed by atoms with Gasteiger partial charge in [0.15, 0.2) is 0 Å². The van der Waals surface area contributed by atoms with Gasteiger partial charge < -0.3 is 15.0 Å². The minimum atomic E-state index is 0.707. The summed E-state index contributed by atoms with van der Waals surface area (Å²) in [6.07, 6.45) is 4.89. The van der Waals surface area contributed by atoms with Crippen LogP contribution in [-0.4, -0.2) is 43.7 Å². The number of ether oxygens (including phenoxy) is 1. The number of hydrogen-bond acceptors (Lipinski definition) is 3. The Bertz CT molecular complexity index is 355. The summed E-state index contributed by atoms with van der Waals surface area (Å²) < 4.78 is 5.76. The lowest BCUT2D eigenvalue weighted by Gasteiger charge is -2.28. The quantitative estimate of drug-likeness (QED) is 0.809. The summed E-state index contributed by atoms with van der Waals surface area (Å²) >= 11 is 0. The molecule has 2 rings (SSSR count). The van der Waals surface area contributed by atoms with Gasteiger partial charge in [-0.1, -0.05) is 25.1 Å². The van der Waals surface area contributed by atoms with Crippen molar-refractivity contribution in [3.05, 3.63) is 30.3 Å². The van der Waals surface area contributed by atoms with Crippen LogP contribution < -0.4 is 10.1 Å². The number of benzene rings is 1. The van der Waals surface area contributed by atoms with Crippen LogP contribution in [0.5, 0.6) is 5.75 Å². The monoisotopic (exact) mass is 276 g/mol. The van der Waals surface area contributed by atoms with Crippen LogP contribution in [0.4, 0.5) is 0 Å². The van der Waals surface area contributed by atoms with E-state index in [0.29, 0.717) is 6.04 Å². The number of nitrogens with zero attached hydrogens (tertiary/aromatic N) is 1. The van der Waals surface area contributed by atoms with E-state index in [0.717, 1.165) is 31.9 Å². The average Bonchev–Trinajstić information content (AvgIpc) is 2.47. The van der Waals surface area contributed by atoms with Gasteiger partial charge in [0.2, 0.25) is 0 Å². The third-order valence-electron chi connectivity index (χ3n) is 4.00. The summed E-state index contributed by atoms with van der Waals surface area (Å²) in [7, 11) is 0. The Morgan fingerprint density at radius 2 is 2.10 bits per heavy atom. The largest absolute Gasteiger partial charge is 0.494 e. The molecule has 0 radical (unpaired) electrons. The highest BCUT2D eigenvalue weighted by Crippen LogP contribution is 2.09. The zero-order chi connectivity index (χ0) is 14.0. The molecule has 1 N–H and O–H groups in total. The maximum absolute atomic E-state index is 5.76. The number of para-hydroxylation sites is 1. The van der Waals surface area contributed by atoms with Crippen molar-refractivity contribution in [3.8, 4) is 5.75 Å². The fourth-order valence-corrected chi connectivity index (χ4v) is 2.73. The van der Waals surface area contributed by atoms with Gasteiger partial charge in [-0.05, 0) is 57.5 Å². The third kappa shape index (κ3) is 5.51. The zero-order valence-electron chi connectivity index (χ0n) is 12.7. The molecule has 1 fully saturated rings. The van der Waals surface area contributed by atoms with E-state index in [4.69, 9.17) is 4.74 Å². The van der Waals surface area contributed by atoms with Gasteiger partial charge in [-0.15, -0.1) is 0 Å². The molecule has 1 atom stereocenters. The molecule has 112 valence electrons. The Labute approximate surface area is 123 Å². The van der Waals surface area contributed by atoms with E-state index in [-0.39, 0.29) is 0 Å². The van der Waals surface area contributed by atoms with Crippen LogP contribution >= 0.6 is 0 Å². The molecule has 1 heterocycles. The second-order valence-corrected chi connectivity index (χ2v) is 5.56. The first-order chi connectivity index (χ1) is 9.88. The van der Waals surface area contributed by atoms with Crippen molar-refractivity contribution in [1.29, 1.82) is 0 Å². The number of nitrogens with one attached hydrogen (secondary N) is 1. The van der Waals surface area contributed by atoms with Crippen molar-refractivity contribution in [3.63, 3.8) is 0 Å². The Morgan fingerprint density at radius 3 is 2.90 bits per heavy atom. The molecule has 1 aromatic rings. The van der Waals surface area contributed by atoms with Crippen LogP contribution in [0, 0.1) is 0 Å². The molecule has 0 bridgehead atoms. The van der Waals surface area contributed by atoms with Crippen LogP contribution in [-0.2, 0) is 0 Å². The molecule has 0 saturated carbocycles. The topological polar surface area (TPSA) is 24.5 Å². The zero-order valence-corrected chi connectivity index (χ0v) is 12.7. The van der Waals surface area contributed by atoms with Crippen molar-refractivity contribution in [2.75, 3.05) is 32.8 Å². The first kappa shape index (κ1) is 15.3. The Morgan fingerprint density at radius 1 is 1.25 bits per heavy atom. The highest BCUT2D eigenvalue weighted by Gasteiger charge is 2.13. The van der Waals surface area contributed by atoms with Gasteiger partial charge in [-0.2, -0.15) is 0 Å². The smallest absolute Gasteiger partial charge is 0.119 e. The molecule has 3 heteroatoms. The van der Waals surface area contributed by atoms with Gasteiger partial charge in [-0.25, -0.2) is 0 Å². The second-order valence-electron chi connectivity index (χ2n) is 5.56. The molecule has 0 aliphatic carbocycles. The molecule has 1 unspecified atom stereocenters. The molecule has 0 amide bonds. The van der Waals surface area contributed by atoms with Crippen LogP contribution in [0.15, 0.2) is 30.3 Å². The molecule has 1 saturated heterocycles. The predicted octanol–water partition coefficient (Wildman–Crippen LogP) is 2.92. The Kier molecular flexibility index (Phi) is 6.89. The van der Waals surface area contributed by atoms with Gasteiger partial charge in [0.05, 0.1) is 6.61 Å². The molecule has 1 aliphatic rings. The summed E-state index contributed by atoms with van der Waals surface area (Å²) in [5.41, 5.74) is 0. The third-order valence-corrected chi connectivity index (χ3v) is 4.00. The van der Waals surface area contributed by atoms with Crippen LogP contribution in [0.1, 0.15) is 32.6 Å². The molecular weight excluding hydrogens is 248 g/mol. The summed E-state index contributed by atoms with van der Waals surface area (Å²) in [5.74, 6) is 0.982. The lowest BCUT2D eigenvalue weighted by atomic mass is 10.1. The number of rotatable bonds is 6. The molecule has 1 aliphatic heterocycles. The highest BCUT2D eigenvalue weighted by atomic mass is 16.5. The van der Waals surface area contributed by atoms with Crippen LogP contribution in [0.3, 0.4) is 0 Å². The summed E-state index contributed by atoms with van der Waals surface area (Å²) in [6.45, 7) is 7.84. The first-order valence-electron chi connectivity index (χ1n) is 8.02. The molecule has 0 aromatic heterocycles. The standard InChI is InChI=1S/C17H28N2O/c1-2-16-10-14-19(12-6-11-18-16)13-7-15-20-17-8-4-3-5-9-17/h3-5,8-9,16,18H,2,6-7,10-15H2,1H3. The van der Waals surface area contributed by atoms with E-state index in [1.165, 1.54) is 32.4 Å². The van der Waals surface area contributed by atoms with Crippen molar-refractivity contribution in [1.82, 2.24) is 10.2 Å². The Hall–Kier alpha value is -1.06. The molecule has 0 spiro atoms. The fraction of sp³-hybridized carbons (Fsp3) is 0.647. The Balaban J connectivity index is 1.62. The maximum Gasteiger partial charge on any atom is 0.119 e. The minimum absolute atomic E-state index is 0.707. The van der Waals surface area contributed by atoms with Crippen LogP contribution in [0.2, 0.25) is 0 Å². The van der Waals surface area contributed by atoms with Gasteiger partial charge in [0.1, 0.15) is 5.75 Å². The van der Waals surface area contributed by atoms with Gasteiger partial charge >= 0.3 is 0 Å². The normalized spacial score (nSPS) is 21.1. The lowest BCUT2D eigenvalue weighted by Crippen LogP contribution is -2.40. The molecular formula is C17H28N2O. The molecule has 3 nitrogen and oxygen atoms in total. The number of hydrogen-bond donors (Lipinski definition) is 1. The average molecular weight is 276 g/mol. The van der Waals surface area contributed by atoms with Crippen molar-refractivity contribution in [2.45, 2.75) is 38.6 Å². The van der Waals surface area contributed by atoms with Crippen molar-refractivity contribution in [2.24, 2.45) is 0 Å². The highest BCUT2D eigenvalue weighted by molar-refractivity contribution is 5.20. The van der Waals surface area contributed by atoms with E-state index >= 15 is 0 Å². The molecule has 1 aromatic carbocycles. The summed E-state index contributed by atoms with van der Waals surface area (Å²) in [6, 6.07) is 10.8. The van der Waals surface area contributed by atoms with Gasteiger partial charge in [-0.3, -0.25) is 0 Å². The van der Waals surface area contributed by atoms with Gasteiger partial charge in [0, 0.05) is 12.6 Å². The first-order valence-corrected chi connectivity index (χ1v) is 8.02. The van der Waals surface area contributed by atoms with E-state index in [9.17, 15) is 0 Å². The van der Waals surface area contributed by atoms with E-state index < -0.39 is 0 Å². The SMILES string of the molecule is CCC1CCN(CCCOc2ccccc2)CCCN1. The van der Waals surface area contributed by atoms with E-state index in [1.54, 1.807) is 0 Å². The minimum Gasteiger partial charge on any atom is -0.494 e. The second kappa shape index (κ2) is 8.98. The van der Waals surface area contributed by atoms with E-state index in [1.807, 2.05) is 30.3 Å². The van der Waals surface area contributed by atoms with Crippen molar-refractivity contribution < 1.29 is 4.74 Å². The fourth-order valence-electron chi connectivity index (χ4n) is 2.73. The van der Waals surface area contributed by atoms with Gasteiger partial charge in [0.25, 0.3) is 0 Å².